The molecule has 0 amide bonds. The summed E-state index contributed by atoms with van der Waals surface area (Å²) in [5, 5.41) is 3.50. The average Bonchev–Trinajstić information content (AvgIpc) is 2.54. The lowest BCUT2D eigenvalue weighted by Crippen LogP contribution is -2.22. The van der Waals surface area contributed by atoms with Gasteiger partial charge in [-0.15, -0.1) is 0 Å². The Balaban J connectivity index is 2.15. The number of benzene rings is 1. The van der Waals surface area contributed by atoms with E-state index in [1.165, 1.54) is 18.6 Å². The van der Waals surface area contributed by atoms with Gasteiger partial charge in [-0.1, -0.05) is 20.8 Å². The third-order valence-electron chi connectivity index (χ3n) is 3.84. The molecule has 2 unspecified atom stereocenters. The number of hydrogen-bond donors (Lipinski definition) is 1. The monoisotopic (exact) mass is 251 g/mol. The molecule has 1 N–H and O–H groups in total. The second-order valence-corrected chi connectivity index (χ2v) is 6.15. The molecule has 2 atom stereocenters. The van der Waals surface area contributed by atoms with E-state index in [1.807, 2.05) is 0 Å². The average molecular weight is 251 g/mol. The van der Waals surface area contributed by atoms with E-state index in [0.717, 1.165) is 12.1 Å². The quantitative estimate of drug-likeness (QED) is 0.874. The summed E-state index contributed by atoms with van der Waals surface area (Å²) in [4.78, 5) is 0. The summed E-state index contributed by atoms with van der Waals surface area (Å²) in [6, 6.07) is 5.08. The van der Waals surface area contributed by atoms with Crippen LogP contribution in [0.25, 0.3) is 0 Å². The van der Waals surface area contributed by atoms with Gasteiger partial charge in [0.1, 0.15) is 11.6 Å². The Morgan fingerprint density at radius 2 is 2.06 bits per heavy atom. The standard InChI is InChI=1S/C15H22FNO/c1-10-8-15(2,3)9-13(10)17-12-6-5-11(16)7-14(12)18-4/h5-7,10,13,17H,8-9H2,1-4H3. The van der Waals surface area contributed by atoms with E-state index < -0.39 is 0 Å². The van der Waals surface area contributed by atoms with Gasteiger partial charge in [-0.05, 0) is 36.3 Å². The molecule has 0 heterocycles. The molecule has 1 aromatic rings. The second-order valence-electron chi connectivity index (χ2n) is 6.15. The van der Waals surface area contributed by atoms with Gasteiger partial charge in [0.25, 0.3) is 0 Å². The van der Waals surface area contributed by atoms with E-state index in [2.05, 4.69) is 26.1 Å². The maximum Gasteiger partial charge on any atom is 0.144 e. The van der Waals surface area contributed by atoms with E-state index in [9.17, 15) is 4.39 Å². The molecule has 1 fully saturated rings. The van der Waals surface area contributed by atoms with Crippen LogP contribution in [0.2, 0.25) is 0 Å². The van der Waals surface area contributed by atoms with Crippen molar-refractivity contribution in [2.24, 2.45) is 11.3 Å². The number of anilines is 1. The largest absolute Gasteiger partial charge is 0.494 e. The van der Waals surface area contributed by atoms with Crippen LogP contribution >= 0.6 is 0 Å². The van der Waals surface area contributed by atoms with Crippen molar-refractivity contribution in [2.75, 3.05) is 12.4 Å². The molecule has 3 heteroatoms. The maximum atomic E-state index is 13.1. The van der Waals surface area contributed by atoms with Crippen LogP contribution in [0, 0.1) is 17.2 Å². The SMILES string of the molecule is COc1cc(F)ccc1NC1CC(C)(C)CC1C. The van der Waals surface area contributed by atoms with Crippen LogP contribution in [-0.2, 0) is 0 Å². The van der Waals surface area contributed by atoms with Crippen molar-refractivity contribution in [3.8, 4) is 5.75 Å². The number of methoxy groups -OCH3 is 1. The Hall–Kier alpha value is -1.25. The van der Waals surface area contributed by atoms with Gasteiger partial charge in [0.15, 0.2) is 0 Å². The number of halogens is 1. The predicted molar refractivity (Wildman–Crippen MR) is 72.5 cm³/mol. The summed E-state index contributed by atoms with van der Waals surface area (Å²) in [6.45, 7) is 6.86. The molecule has 1 aliphatic carbocycles. The molecule has 1 saturated carbocycles. The molecule has 2 rings (SSSR count). The van der Waals surface area contributed by atoms with Crippen LogP contribution in [0.3, 0.4) is 0 Å². The van der Waals surface area contributed by atoms with Crippen molar-refractivity contribution in [3.63, 3.8) is 0 Å². The third kappa shape index (κ3) is 2.77. The number of hydrogen-bond acceptors (Lipinski definition) is 2. The van der Waals surface area contributed by atoms with Crippen LogP contribution in [0.1, 0.15) is 33.6 Å². The first kappa shape index (κ1) is 13.2. The van der Waals surface area contributed by atoms with Gasteiger partial charge in [0, 0.05) is 12.1 Å². The Labute approximate surface area is 109 Å². The van der Waals surface area contributed by atoms with Crippen molar-refractivity contribution in [1.29, 1.82) is 0 Å². The van der Waals surface area contributed by atoms with E-state index >= 15 is 0 Å². The van der Waals surface area contributed by atoms with Gasteiger partial charge in [0.2, 0.25) is 0 Å². The Morgan fingerprint density at radius 1 is 1.33 bits per heavy atom. The van der Waals surface area contributed by atoms with E-state index in [-0.39, 0.29) is 5.82 Å². The van der Waals surface area contributed by atoms with Crippen molar-refractivity contribution in [2.45, 2.75) is 39.7 Å². The molecular weight excluding hydrogens is 229 g/mol. The zero-order valence-electron chi connectivity index (χ0n) is 11.6. The molecule has 18 heavy (non-hydrogen) atoms. The molecule has 0 aliphatic heterocycles. The maximum absolute atomic E-state index is 13.1. The van der Waals surface area contributed by atoms with Crippen LogP contribution in [0.5, 0.6) is 5.75 Å². The lowest BCUT2D eigenvalue weighted by molar-refractivity contribution is 0.366. The zero-order chi connectivity index (χ0) is 13.3. The molecule has 1 aliphatic rings. The highest BCUT2D eigenvalue weighted by molar-refractivity contribution is 5.57. The molecule has 1 aromatic carbocycles. The van der Waals surface area contributed by atoms with Gasteiger partial charge < -0.3 is 10.1 Å². The summed E-state index contributed by atoms with van der Waals surface area (Å²) < 4.78 is 18.4. The molecule has 0 aromatic heterocycles. The lowest BCUT2D eigenvalue weighted by Gasteiger charge is -2.21. The van der Waals surface area contributed by atoms with E-state index in [1.54, 1.807) is 13.2 Å². The number of rotatable bonds is 3. The minimum absolute atomic E-state index is 0.266. The fraction of sp³-hybridized carbons (Fsp3) is 0.600. The first-order valence-corrected chi connectivity index (χ1v) is 6.51. The highest BCUT2D eigenvalue weighted by Gasteiger charge is 2.36. The summed E-state index contributed by atoms with van der Waals surface area (Å²) in [7, 11) is 1.57. The first-order chi connectivity index (χ1) is 8.41. The molecule has 0 saturated heterocycles. The third-order valence-corrected chi connectivity index (χ3v) is 3.84. The van der Waals surface area contributed by atoms with Crippen LogP contribution in [0.15, 0.2) is 18.2 Å². The lowest BCUT2D eigenvalue weighted by atomic mass is 9.91. The van der Waals surface area contributed by atoms with Crippen LogP contribution in [-0.4, -0.2) is 13.2 Å². The van der Waals surface area contributed by atoms with Gasteiger partial charge in [-0.2, -0.15) is 0 Å². The zero-order valence-corrected chi connectivity index (χ0v) is 11.6. The minimum Gasteiger partial charge on any atom is -0.494 e. The Bertz CT molecular complexity index is 431. The highest BCUT2D eigenvalue weighted by atomic mass is 19.1. The number of nitrogens with one attached hydrogen (secondary N) is 1. The molecule has 2 nitrogen and oxygen atoms in total. The van der Waals surface area contributed by atoms with Crippen LogP contribution < -0.4 is 10.1 Å². The normalized spacial score (nSPS) is 26.1. The minimum atomic E-state index is -0.266. The fourth-order valence-electron chi connectivity index (χ4n) is 3.07. The molecule has 0 bridgehead atoms. The highest BCUT2D eigenvalue weighted by Crippen LogP contribution is 2.42. The predicted octanol–water partition coefficient (Wildman–Crippen LogP) is 4.07. The summed E-state index contributed by atoms with van der Waals surface area (Å²) >= 11 is 0. The summed E-state index contributed by atoms with van der Waals surface area (Å²) in [5.41, 5.74) is 1.26. The summed E-state index contributed by atoms with van der Waals surface area (Å²) in [6.07, 6.45) is 2.35. The molecule has 0 radical (unpaired) electrons. The molecule has 0 spiro atoms. The van der Waals surface area contributed by atoms with E-state index in [0.29, 0.717) is 23.1 Å². The topological polar surface area (TPSA) is 21.3 Å². The van der Waals surface area contributed by atoms with Crippen LogP contribution in [0.4, 0.5) is 10.1 Å². The smallest absolute Gasteiger partial charge is 0.144 e. The molecular formula is C15H22FNO. The van der Waals surface area contributed by atoms with Gasteiger partial charge in [-0.3, -0.25) is 0 Å². The van der Waals surface area contributed by atoms with Crippen molar-refractivity contribution < 1.29 is 9.13 Å². The van der Waals surface area contributed by atoms with Gasteiger partial charge >= 0.3 is 0 Å². The van der Waals surface area contributed by atoms with Crippen molar-refractivity contribution >= 4 is 5.69 Å². The number of ether oxygens (including phenoxy) is 1. The second kappa shape index (κ2) is 4.79. The Morgan fingerprint density at radius 3 is 2.61 bits per heavy atom. The van der Waals surface area contributed by atoms with Gasteiger partial charge in [-0.25, -0.2) is 4.39 Å². The van der Waals surface area contributed by atoms with Gasteiger partial charge in [0.05, 0.1) is 12.8 Å². The first-order valence-electron chi connectivity index (χ1n) is 6.51. The fourth-order valence-corrected chi connectivity index (χ4v) is 3.07. The molecule has 100 valence electrons. The van der Waals surface area contributed by atoms with Crippen molar-refractivity contribution in [1.82, 2.24) is 0 Å². The van der Waals surface area contributed by atoms with Crippen molar-refractivity contribution in [3.05, 3.63) is 24.0 Å². The Kier molecular flexibility index (Phi) is 3.51. The van der Waals surface area contributed by atoms with E-state index in [4.69, 9.17) is 4.74 Å². The summed E-state index contributed by atoms with van der Waals surface area (Å²) in [5.74, 6) is 0.930.